The molecule has 0 unspecified atom stereocenters. The Balaban J connectivity index is 0. The molecule has 5 aromatic rings. The lowest BCUT2D eigenvalue weighted by atomic mass is 10.3. The Morgan fingerprint density at radius 2 is 1.28 bits per heavy atom. The average Bonchev–Trinajstić information content (AvgIpc) is 3.79. The quantitative estimate of drug-likeness (QED) is 0.0620. The van der Waals surface area contributed by atoms with E-state index in [4.69, 9.17) is 46.8 Å². The van der Waals surface area contributed by atoms with E-state index in [9.17, 15) is 14.4 Å². The number of aryl methyl sites for hydroxylation is 4. The maximum absolute atomic E-state index is 11.6. The van der Waals surface area contributed by atoms with Gasteiger partial charge in [-0.1, -0.05) is 7.43 Å². The van der Waals surface area contributed by atoms with E-state index in [2.05, 4.69) is 9.72 Å². The molecule has 14 nitrogen and oxygen atoms in total. The Kier molecular flexibility index (Phi) is 21.5. The van der Waals surface area contributed by atoms with Crippen molar-refractivity contribution >= 4 is 105 Å². The van der Waals surface area contributed by atoms with Gasteiger partial charge in [-0.2, -0.15) is 0 Å². The van der Waals surface area contributed by atoms with Crippen LogP contribution in [0.25, 0.3) is 10.2 Å². The van der Waals surface area contributed by atoms with Gasteiger partial charge in [0, 0.05) is 25.5 Å². The summed E-state index contributed by atoms with van der Waals surface area (Å²) in [4.78, 5) is 54.9. The Hall–Kier alpha value is -4.85. The zero-order chi connectivity index (χ0) is 36.7. The van der Waals surface area contributed by atoms with Crippen LogP contribution in [-0.4, -0.2) is 66.3 Å². The summed E-state index contributed by atoms with van der Waals surface area (Å²) in [7, 11) is 1.34. The van der Waals surface area contributed by atoms with Crippen LogP contribution in [0.4, 0.5) is 17.1 Å². The third-order valence-corrected chi connectivity index (χ3v) is 9.89. The van der Waals surface area contributed by atoms with Crippen molar-refractivity contribution in [2.24, 2.45) is 0 Å². The van der Waals surface area contributed by atoms with Crippen molar-refractivity contribution in [2.45, 2.75) is 42.0 Å². The number of aromatic nitrogens is 1. The van der Waals surface area contributed by atoms with Gasteiger partial charge in [-0.15, -0.1) is 45.3 Å². The number of fused-ring (bicyclic) bond motifs is 1. The number of carbonyl (C=O) groups is 4. The largest absolute Gasteiger partial charge is 0.479 e. The average molecular weight is 768 g/mol. The van der Waals surface area contributed by atoms with Crippen LogP contribution >= 0.6 is 45.3 Å². The second kappa shape index (κ2) is 22.7. The lowest BCUT2D eigenvalue weighted by molar-refractivity contribution is -0.159. The topological polar surface area (TPSA) is 258 Å². The summed E-state index contributed by atoms with van der Waals surface area (Å²) in [5.74, 6) is -4.41. The number of hydrogen-bond acceptors (Lipinski definition) is 14. The van der Waals surface area contributed by atoms with Gasteiger partial charge in [0.05, 0.1) is 35.3 Å². The number of H-pyrrole nitrogens is 1. The molecule has 0 aliphatic heterocycles. The summed E-state index contributed by atoms with van der Waals surface area (Å²) in [5, 5.41) is 32.8. The number of carboxylic acid groups (broad SMARTS) is 3. The van der Waals surface area contributed by atoms with Gasteiger partial charge in [-0.05, 0) is 78.4 Å². The number of pyridine rings is 1. The zero-order valence-corrected chi connectivity index (χ0v) is 30.6. The third kappa shape index (κ3) is 14.3. The van der Waals surface area contributed by atoms with Crippen molar-refractivity contribution in [1.82, 2.24) is 4.98 Å². The number of carbonyl (C=O) groups excluding carboxylic acids is 1. The number of carboxylic acids is 3. The fraction of sp³-hybridized carbons (Fsp3) is 0.258. The molecule has 5 aromatic heterocycles. The lowest BCUT2D eigenvalue weighted by Gasteiger charge is -2.02. The van der Waals surface area contributed by atoms with Crippen molar-refractivity contribution in [3.8, 4) is 5.88 Å². The fourth-order valence-electron chi connectivity index (χ4n) is 3.05. The minimum absolute atomic E-state index is 0. The van der Waals surface area contributed by atoms with E-state index in [-0.39, 0.29) is 32.1 Å². The predicted octanol–water partition coefficient (Wildman–Crippen LogP) is 6.11. The van der Waals surface area contributed by atoms with Gasteiger partial charge in [0.15, 0.2) is 5.88 Å². The highest BCUT2D eigenvalue weighted by molar-refractivity contribution is 7.17. The maximum Gasteiger partial charge on any atom is 0.414 e. The van der Waals surface area contributed by atoms with Crippen molar-refractivity contribution in [3.05, 3.63) is 75.2 Å². The standard InChI is InChI=1S/C10H11NO2S.C7H9NO2S.C6H7NO2S.C5H7NS.C2H2O4.CH4.B/c1-3-13-8-4-7(12)10-9(11-8)6(2)5-14-10;1-4-3-11-6(5(4)8)7(9)10-2;1-3-2-10-5(4(3)7)6(8)9;1-4-2-7-3-5(4)6;3-1(4)2(5)6;;/h4-5H,3H2,1-2H3,(H,11,12);3H,8H2,1-2H3;2H,7H2,1H3,(H,8,9);2-3H,6H2,1H3;(H,3,4)(H,5,6);1H4;. The number of aromatic carboxylic acids is 1. The van der Waals surface area contributed by atoms with Crippen LogP contribution in [0.3, 0.4) is 0 Å². The number of nitrogens with two attached hydrogens (primary N) is 3. The normalized spacial score (nSPS) is 9.24. The molecule has 10 N–H and O–H groups in total. The highest BCUT2D eigenvalue weighted by Gasteiger charge is 2.13. The summed E-state index contributed by atoms with van der Waals surface area (Å²) < 4.78 is 10.6. The third-order valence-electron chi connectivity index (χ3n) is 5.70. The second-order valence-electron chi connectivity index (χ2n) is 9.29. The molecule has 0 bridgehead atoms. The van der Waals surface area contributed by atoms with E-state index < -0.39 is 17.9 Å². The van der Waals surface area contributed by atoms with Crippen LogP contribution in [0, 0.1) is 27.7 Å². The van der Waals surface area contributed by atoms with E-state index in [1.54, 1.807) is 23.6 Å². The van der Waals surface area contributed by atoms with Gasteiger partial charge in [0.1, 0.15) is 9.75 Å². The van der Waals surface area contributed by atoms with Crippen molar-refractivity contribution in [1.29, 1.82) is 0 Å². The molecule has 0 aromatic carbocycles. The summed E-state index contributed by atoms with van der Waals surface area (Å²) >= 11 is 5.58. The molecule has 0 atom stereocenters. The first-order valence-electron chi connectivity index (χ1n) is 13.4. The van der Waals surface area contributed by atoms with Crippen LogP contribution < -0.4 is 27.4 Å². The van der Waals surface area contributed by atoms with Crippen LogP contribution in [0.2, 0.25) is 0 Å². The van der Waals surface area contributed by atoms with Crippen LogP contribution in [-0.2, 0) is 14.3 Å². The minimum atomic E-state index is -1.82. The molecule has 0 saturated carbocycles. The molecule has 0 fully saturated rings. The van der Waals surface area contributed by atoms with Crippen LogP contribution in [0.5, 0.6) is 5.88 Å². The molecular formula is C31H40BN4O10S4. The van der Waals surface area contributed by atoms with Gasteiger partial charge >= 0.3 is 23.9 Å². The Bertz CT molecular complexity index is 1880. The van der Waals surface area contributed by atoms with Gasteiger partial charge in [-0.3, -0.25) is 4.79 Å². The predicted molar refractivity (Wildman–Crippen MR) is 205 cm³/mol. The van der Waals surface area contributed by atoms with Crippen LogP contribution in [0.1, 0.15) is 55.9 Å². The van der Waals surface area contributed by atoms with Gasteiger partial charge in [0.25, 0.3) is 0 Å². The Morgan fingerprint density at radius 1 is 0.780 bits per heavy atom. The maximum atomic E-state index is 11.6. The van der Waals surface area contributed by atoms with E-state index in [0.29, 0.717) is 28.7 Å². The van der Waals surface area contributed by atoms with Gasteiger partial charge in [0.2, 0.25) is 5.43 Å². The van der Waals surface area contributed by atoms with Crippen molar-refractivity contribution < 1.29 is 44.0 Å². The summed E-state index contributed by atoms with van der Waals surface area (Å²) in [6, 6.07) is 1.50. The first-order chi connectivity index (χ1) is 22.5. The van der Waals surface area contributed by atoms with E-state index in [0.717, 1.165) is 43.9 Å². The summed E-state index contributed by atoms with van der Waals surface area (Å²) in [6.07, 6.45) is 0. The number of anilines is 3. The molecule has 3 radical (unpaired) electrons. The monoisotopic (exact) mass is 767 g/mol. The molecule has 50 heavy (non-hydrogen) atoms. The van der Waals surface area contributed by atoms with Crippen LogP contribution in [0.15, 0.2) is 37.8 Å². The Labute approximate surface area is 306 Å². The summed E-state index contributed by atoms with van der Waals surface area (Å²) in [6.45, 7) is 10.1. The highest BCUT2D eigenvalue weighted by Crippen LogP contribution is 2.25. The number of ether oxygens (including phenoxy) is 2. The number of hydrogen-bond donors (Lipinski definition) is 7. The molecule has 0 spiro atoms. The fourth-order valence-corrected chi connectivity index (χ4v) is 6.41. The molecule has 0 aliphatic rings. The molecule has 0 aliphatic carbocycles. The molecule has 5 heterocycles. The zero-order valence-electron chi connectivity index (χ0n) is 27.3. The number of esters is 1. The first-order valence-corrected chi connectivity index (χ1v) is 17.0. The summed E-state index contributed by atoms with van der Waals surface area (Å²) in [5.41, 5.74) is 23.3. The van der Waals surface area contributed by atoms with E-state index in [1.165, 1.54) is 41.4 Å². The van der Waals surface area contributed by atoms with Crippen molar-refractivity contribution in [3.63, 3.8) is 0 Å². The van der Waals surface area contributed by atoms with E-state index >= 15 is 0 Å². The molecule has 271 valence electrons. The van der Waals surface area contributed by atoms with E-state index in [1.807, 2.05) is 49.2 Å². The van der Waals surface area contributed by atoms with Crippen molar-refractivity contribution in [2.75, 3.05) is 30.9 Å². The molecule has 0 saturated heterocycles. The molecule has 5 rings (SSSR count). The van der Waals surface area contributed by atoms with Gasteiger partial charge < -0.3 is 47.0 Å². The van der Waals surface area contributed by atoms with Gasteiger partial charge in [-0.25, -0.2) is 19.2 Å². The lowest BCUT2D eigenvalue weighted by Crippen LogP contribution is -2.09. The number of nitrogens with one attached hydrogen (secondary N) is 1. The SMILES string of the molecule is C.CCOc1cc(=O)c2scc(C)c2[nH]1.COC(=O)c1scc(C)c1N.Cc1csc(C(=O)O)c1N.Cc1cscc1N.O=C(O)C(=O)O.[B]. The number of methoxy groups -OCH3 is 1. The number of nitrogen functional groups attached to an aromatic ring is 3. The second-order valence-corrected chi connectivity index (χ2v) is 12.7. The smallest absolute Gasteiger partial charge is 0.414 e. The molecular weight excluding hydrogens is 727 g/mol. The number of thiophene rings is 4. The Morgan fingerprint density at radius 3 is 1.60 bits per heavy atom. The number of aliphatic carboxylic acids is 2. The molecule has 0 amide bonds. The minimum Gasteiger partial charge on any atom is -0.479 e. The number of rotatable bonds is 4. The highest BCUT2D eigenvalue weighted by atomic mass is 32.1. The molecule has 19 heteroatoms. The number of aromatic amines is 1. The first kappa shape index (κ1) is 47.3.